The molecule has 1 N–H and O–H groups in total. The molecule has 5 nitrogen and oxygen atoms in total. The lowest BCUT2D eigenvalue weighted by atomic mass is 10.1. The largest absolute Gasteiger partial charge is 0.357 e. The number of nitrogens with zero attached hydrogens (tertiary/aromatic N) is 3. The molecule has 6 heteroatoms. The average Bonchev–Trinajstić information content (AvgIpc) is 3.18. The third-order valence-corrected chi connectivity index (χ3v) is 4.24. The minimum absolute atomic E-state index is 0.0552. The van der Waals surface area contributed by atoms with Crippen molar-refractivity contribution >= 4 is 22.5 Å². The number of hydrogen-bond donors (Lipinski definition) is 1. The van der Waals surface area contributed by atoms with Crippen LogP contribution in [0.5, 0.6) is 0 Å². The standard InChI is InChI=1S/C15H15ClN4O/c16-13-5-4-11(12-8-17-19-15(12)13)10-7-18-20(9-10)14-3-1-2-6-21-14/h4-5,7-9,14H,1-3,6H2,(H,17,19). The quantitative estimate of drug-likeness (QED) is 0.784. The molecular weight excluding hydrogens is 288 g/mol. The number of aromatic amines is 1. The molecular formula is C15H15ClN4O. The molecule has 4 rings (SSSR count). The van der Waals surface area contributed by atoms with Gasteiger partial charge in [-0.05, 0) is 30.9 Å². The minimum atomic E-state index is 0.0552. The van der Waals surface area contributed by atoms with Crippen LogP contribution >= 0.6 is 11.6 Å². The maximum absolute atomic E-state index is 6.17. The van der Waals surface area contributed by atoms with E-state index in [9.17, 15) is 0 Å². The maximum atomic E-state index is 6.17. The molecule has 1 atom stereocenters. The van der Waals surface area contributed by atoms with Crippen molar-refractivity contribution in [3.8, 4) is 11.1 Å². The van der Waals surface area contributed by atoms with E-state index in [0.717, 1.165) is 41.5 Å². The van der Waals surface area contributed by atoms with Crippen molar-refractivity contribution in [2.75, 3.05) is 6.61 Å². The number of H-pyrrole nitrogens is 1. The smallest absolute Gasteiger partial charge is 0.150 e. The van der Waals surface area contributed by atoms with Crippen molar-refractivity contribution in [2.24, 2.45) is 0 Å². The van der Waals surface area contributed by atoms with Gasteiger partial charge in [0.05, 0.1) is 22.9 Å². The summed E-state index contributed by atoms with van der Waals surface area (Å²) in [6.45, 7) is 0.812. The molecule has 0 bridgehead atoms. The first kappa shape index (κ1) is 12.9. The Hall–Kier alpha value is -1.85. The molecule has 3 aromatic rings. The second-order valence-corrected chi connectivity index (χ2v) is 5.69. The number of nitrogens with one attached hydrogen (secondary N) is 1. The predicted molar refractivity (Wildman–Crippen MR) is 81.2 cm³/mol. The molecule has 2 aromatic heterocycles. The number of fused-ring (bicyclic) bond motifs is 1. The summed E-state index contributed by atoms with van der Waals surface area (Å²) in [4.78, 5) is 0. The van der Waals surface area contributed by atoms with Crippen molar-refractivity contribution in [3.05, 3.63) is 35.7 Å². The van der Waals surface area contributed by atoms with Crippen molar-refractivity contribution in [3.63, 3.8) is 0 Å². The zero-order chi connectivity index (χ0) is 14.2. The molecule has 1 aromatic carbocycles. The zero-order valence-corrected chi connectivity index (χ0v) is 12.2. The van der Waals surface area contributed by atoms with E-state index in [1.165, 1.54) is 6.42 Å². The summed E-state index contributed by atoms with van der Waals surface area (Å²) < 4.78 is 7.68. The van der Waals surface area contributed by atoms with Crippen LogP contribution in [0.2, 0.25) is 5.02 Å². The summed E-state index contributed by atoms with van der Waals surface area (Å²) in [6, 6.07) is 3.88. The molecule has 0 saturated carbocycles. The second-order valence-electron chi connectivity index (χ2n) is 5.28. The van der Waals surface area contributed by atoms with Crippen LogP contribution in [0.3, 0.4) is 0 Å². The van der Waals surface area contributed by atoms with Crippen LogP contribution in [0, 0.1) is 0 Å². The maximum Gasteiger partial charge on any atom is 0.150 e. The Morgan fingerprint density at radius 1 is 1.29 bits per heavy atom. The fourth-order valence-electron chi connectivity index (χ4n) is 2.82. The van der Waals surface area contributed by atoms with Gasteiger partial charge in [-0.25, -0.2) is 4.68 Å². The molecule has 3 heterocycles. The summed E-state index contributed by atoms with van der Waals surface area (Å²) >= 11 is 6.17. The van der Waals surface area contributed by atoms with Crippen LogP contribution < -0.4 is 0 Å². The van der Waals surface area contributed by atoms with E-state index in [0.29, 0.717) is 5.02 Å². The summed E-state index contributed by atoms with van der Waals surface area (Å²) in [5, 5.41) is 13.2. The summed E-state index contributed by atoms with van der Waals surface area (Å²) in [5.41, 5.74) is 2.98. The van der Waals surface area contributed by atoms with E-state index in [4.69, 9.17) is 16.3 Å². The van der Waals surface area contributed by atoms with Crippen molar-refractivity contribution < 1.29 is 4.74 Å². The molecule has 21 heavy (non-hydrogen) atoms. The highest BCUT2D eigenvalue weighted by Crippen LogP contribution is 2.32. The van der Waals surface area contributed by atoms with Crippen LogP contribution in [0.15, 0.2) is 30.7 Å². The molecule has 0 aliphatic carbocycles. The van der Waals surface area contributed by atoms with Crippen molar-refractivity contribution in [1.82, 2.24) is 20.0 Å². The van der Waals surface area contributed by atoms with Crippen LogP contribution in [-0.2, 0) is 4.74 Å². The number of ether oxygens (including phenoxy) is 1. The van der Waals surface area contributed by atoms with Gasteiger partial charge in [0.1, 0.15) is 6.23 Å². The van der Waals surface area contributed by atoms with Gasteiger partial charge < -0.3 is 4.74 Å². The van der Waals surface area contributed by atoms with E-state index >= 15 is 0 Å². The Bertz CT molecular complexity index is 773. The van der Waals surface area contributed by atoms with Gasteiger partial charge in [-0.1, -0.05) is 17.7 Å². The van der Waals surface area contributed by atoms with Crippen LogP contribution in [0.1, 0.15) is 25.5 Å². The number of halogens is 1. The van der Waals surface area contributed by atoms with Gasteiger partial charge in [0, 0.05) is 23.8 Å². The number of aromatic nitrogens is 4. The van der Waals surface area contributed by atoms with E-state index < -0.39 is 0 Å². The van der Waals surface area contributed by atoms with Gasteiger partial charge in [-0.15, -0.1) is 0 Å². The number of rotatable bonds is 2. The van der Waals surface area contributed by atoms with Gasteiger partial charge in [-0.2, -0.15) is 10.2 Å². The lowest BCUT2D eigenvalue weighted by Gasteiger charge is -2.22. The monoisotopic (exact) mass is 302 g/mol. The summed E-state index contributed by atoms with van der Waals surface area (Å²) in [6.07, 6.45) is 9.09. The minimum Gasteiger partial charge on any atom is -0.357 e. The van der Waals surface area contributed by atoms with Gasteiger partial charge in [0.25, 0.3) is 0 Å². The summed E-state index contributed by atoms with van der Waals surface area (Å²) in [7, 11) is 0. The molecule has 0 radical (unpaired) electrons. The molecule has 1 unspecified atom stereocenters. The average molecular weight is 303 g/mol. The van der Waals surface area contributed by atoms with Gasteiger partial charge in [0.2, 0.25) is 0 Å². The summed E-state index contributed by atoms with van der Waals surface area (Å²) in [5.74, 6) is 0. The normalized spacial score (nSPS) is 19.2. The Morgan fingerprint density at radius 3 is 3.10 bits per heavy atom. The molecule has 108 valence electrons. The van der Waals surface area contributed by atoms with E-state index in [2.05, 4.69) is 15.3 Å². The first-order valence-electron chi connectivity index (χ1n) is 7.10. The molecule has 0 spiro atoms. The Morgan fingerprint density at radius 2 is 2.24 bits per heavy atom. The molecule has 1 fully saturated rings. The first-order chi connectivity index (χ1) is 10.3. The third-order valence-electron chi connectivity index (χ3n) is 3.93. The van der Waals surface area contributed by atoms with Gasteiger partial charge in [0.15, 0.2) is 0 Å². The number of hydrogen-bond acceptors (Lipinski definition) is 3. The van der Waals surface area contributed by atoms with E-state index in [1.807, 2.05) is 29.2 Å². The first-order valence-corrected chi connectivity index (χ1v) is 7.48. The highest BCUT2D eigenvalue weighted by Gasteiger charge is 2.17. The van der Waals surface area contributed by atoms with Crippen LogP contribution in [0.4, 0.5) is 0 Å². The third kappa shape index (κ3) is 2.22. The Labute approximate surface area is 126 Å². The fraction of sp³-hybridized carbons (Fsp3) is 0.333. The Balaban J connectivity index is 1.74. The lowest BCUT2D eigenvalue weighted by Crippen LogP contribution is -2.18. The zero-order valence-electron chi connectivity index (χ0n) is 11.4. The number of benzene rings is 1. The van der Waals surface area contributed by atoms with Gasteiger partial charge in [-0.3, -0.25) is 5.10 Å². The molecule has 1 saturated heterocycles. The lowest BCUT2D eigenvalue weighted by molar-refractivity contribution is -0.0394. The highest BCUT2D eigenvalue weighted by atomic mass is 35.5. The Kier molecular flexibility index (Phi) is 3.16. The molecule has 1 aliphatic rings. The van der Waals surface area contributed by atoms with Crippen LogP contribution in [0.25, 0.3) is 22.0 Å². The highest BCUT2D eigenvalue weighted by molar-refractivity contribution is 6.35. The second kappa shape index (κ2) is 5.16. The van der Waals surface area contributed by atoms with Gasteiger partial charge >= 0.3 is 0 Å². The molecule has 0 amide bonds. The van der Waals surface area contributed by atoms with Crippen molar-refractivity contribution in [1.29, 1.82) is 0 Å². The predicted octanol–water partition coefficient (Wildman–Crippen LogP) is 3.78. The SMILES string of the molecule is Clc1ccc(-c2cnn(C3CCCCO3)c2)c2cn[nH]c12. The van der Waals surface area contributed by atoms with Crippen molar-refractivity contribution in [2.45, 2.75) is 25.5 Å². The van der Waals surface area contributed by atoms with E-state index in [1.54, 1.807) is 6.20 Å². The fourth-order valence-corrected chi connectivity index (χ4v) is 3.03. The topological polar surface area (TPSA) is 55.7 Å². The van der Waals surface area contributed by atoms with Crippen LogP contribution in [-0.4, -0.2) is 26.6 Å². The van der Waals surface area contributed by atoms with E-state index in [-0.39, 0.29) is 6.23 Å². The molecule has 1 aliphatic heterocycles.